The van der Waals surface area contributed by atoms with Gasteiger partial charge in [-0.15, -0.1) is 11.8 Å². The van der Waals surface area contributed by atoms with Gasteiger partial charge in [0.1, 0.15) is 0 Å². The second-order valence-corrected chi connectivity index (χ2v) is 6.97. The van der Waals surface area contributed by atoms with Gasteiger partial charge >= 0.3 is 0 Å². The molecule has 0 aliphatic carbocycles. The summed E-state index contributed by atoms with van der Waals surface area (Å²) in [4.78, 5) is 15.5. The number of benzene rings is 1. The molecule has 0 N–H and O–H groups in total. The third-order valence-electron chi connectivity index (χ3n) is 3.43. The molecule has 19 heavy (non-hydrogen) atoms. The highest BCUT2D eigenvalue weighted by atomic mass is 79.9. The molecule has 0 aromatic heterocycles. The topological polar surface area (TPSA) is 20.3 Å². The van der Waals surface area contributed by atoms with Crippen LogP contribution in [0.15, 0.2) is 29.2 Å². The lowest BCUT2D eigenvalue weighted by atomic mass is 10.1. The molecule has 1 aliphatic rings. The molecule has 1 atom stereocenters. The van der Waals surface area contributed by atoms with Crippen molar-refractivity contribution in [3.8, 4) is 0 Å². The van der Waals surface area contributed by atoms with Gasteiger partial charge in [0.05, 0.1) is 5.25 Å². The maximum Gasteiger partial charge on any atom is 0.236 e. The van der Waals surface area contributed by atoms with E-state index in [1.54, 1.807) is 11.8 Å². The molecule has 1 aliphatic heterocycles. The van der Waals surface area contributed by atoms with Gasteiger partial charge in [-0.2, -0.15) is 0 Å². The van der Waals surface area contributed by atoms with Crippen molar-refractivity contribution in [2.75, 3.05) is 18.9 Å². The average Bonchev–Trinajstić information content (AvgIpc) is 2.86. The van der Waals surface area contributed by atoms with E-state index in [1.807, 2.05) is 18.0 Å². The fraction of sp³-hybridized carbons (Fsp3) is 0.533. The molecule has 1 amide bonds. The van der Waals surface area contributed by atoms with E-state index in [2.05, 4.69) is 34.1 Å². The smallest absolute Gasteiger partial charge is 0.236 e. The highest BCUT2D eigenvalue weighted by Crippen LogP contribution is 2.37. The standard InChI is InChI=1S/C15H20BrNOS/c1-17(10-6-2-5-9-16)15(18)14-11-12-7-3-4-8-13(12)19-14/h3-4,7-8,14H,2,5-6,9-11H2,1H3. The Bertz CT molecular complexity index is 413. The molecule has 0 fully saturated rings. The zero-order chi connectivity index (χ0) is 13.7. The van der Waals surface area contributed by atoms with Crippen LogP contribution in [0.3, 0.4) is 0 Å². The lowest BCUT2D eigenvalue weighted by molar-refractivity contribution is -0.129. The summed E-state index contributed by atoms with van der Waals surface area (Å²) in [5, 5.41) is 1.14. The van der Waals surface area contributed by atoms with Crippen molar-refractivity contribution in [2.24, 2.45) is 0 Å². The summed E-state index contributed by atoms with van der Waals surface area (Å²) in [6.45, 7) is 0.874. The summed E-state index contributed by atoms with van der Waals surface area (Å²) in [5.41, 5.74) is 1.32. The van der Waals surface area contributed by atoms with E-state index in [-0.39, 0.29) is 11.2 Å². The van der Waals surface area contributed by atoms with Gasteiger partial charge in [0.25, 0.3) is 0 Å². The Morgan fingerprint density at radius 1 is 1.37 bits per heavy atom. The van der Waals surface area contributed by atoms with Gasteiger partial charge in [0.15, 0.2) is 0 Å². The van der Waals surface area contributed by atoms with E-state index in [1.165, 1.54) is 23.3 Å². The van der Waals surface area contributed by atoms with Crippen LogP contribution in [0.1, 0.15) is 24.8 Å². The summed E-state index contributed by atoms with van der Waals surface area (Å²) in [6, 6.07) is 8.34. The minimum absolute atomic E-state index is 0.0820. The minimum atomic E-state index is 0.0820. The van der Waals surface area contributed by atoms with E-state index in [0.717, 1.165) is 24.7 Å². The fourth-order valence-electron chi connectivity index (χ4n) is 2.30. The van der Waals surface area contributed by atoms with Gasteiger partial charge in [-0.05, 0) is 30.9 Å². The number of halogens is 1. The van der Waals surface area contributed by atoms with E-state index < -0.39 is 0 Å². The number of nitrogens with zero attached hydrogens (tertiary/aromatic N) is 1. The largest absolute Gasteiger partial charge is 0.345 e. The quantitative estimate of drug-likeness (QED) is 0.580. The van der Waals surface area contributed by atoms with Crippen molar-refractivity contribution in [1.29, 1.82) is 0 Å². The Balaban J connectivity index is 1.81. The highest BCUT2D eigenvalue weighted by molar-refractivity contribution is 9.09. The maximum atomic E-state index is 12.4. The van der Waals surface area contributed by atoms with Gasteiger partial charge in [0.2, 0.25) is 5.91 Å². The molecule has 2 nitrogen and oxygen atoms in total. The van der Waals surface area contributed by atoms with E-state index in [4.69, 9.17) is 0 Å². The number of carbonyl (C=O) groups is 1. The van der Waals surface area contributed by atoms with Gasteiger partial charge in [-0.25, -0.2) is 0 Å². The molecule has 0 bridgehead atoms. The lowest BCUT2D eigenvalue weighted by Gasteiger charge is -2.20. The second kappa shape index (κ2) is 7.34. The number of thioether (sulfide) groups is 1. The van der Waals surface area contributed by atoms with Crippen LogP contribution in [0.2, 0.25) is 0 Å². The van der Waals surface area contributed by atoms with Crippen molar-refractivity contribution in [2.45, 2.75) is 35.8 Å². The molecule has 104 valence electrons. The molecule has 0 saturated carbocycles. The first-order valence-electron chi connectivity index (χ1n) is 6.78. The zero-order valence-corrected chi connectivity index (χ0v) is 13.7. The van der Waals surface area contributed by atoms with E-state index in [9.17, 15) is 4.79 Å². The Morgan fingerprint density at radius 3 is 2.89 bits per heavy atom. The molecule has 0 saturated heterocycles. The monoisotopic (exact) mass is 341 g/mol. The first-order chi connectivity index (χ1) is 9.22. The van der Waals surface area contributed by atoms with Gasteiger partial charge < -0.3 is 4.90 Å². The van der Waals surface area contributed by atoms with Crippen LogP contribution >= 0.6 is 27.7 Å². The van der Waals surface area contributed by atoms with Crippen LogP contribution in [-0.4, -0.2) is 35.0 Å². The van der Waals surface area contributed by atoms with Crippen molar-refractivity contribution in [3.05, 3.63) is 29.8 Å². The molecular formula is C15H20BrNOS. The van der Waals surface area contributed by atoms with Crippen LogP contribution < -0.4 is 0 Å². The van der Waals surface area contributed by atoms with Crippen molar-refractivity contribution >= 4 is 33.6 Å². The number of rotatable bonds is 6. The molecule has 1 unspecified atom stereocenters. The van der Waals surface area contributed by atoms with Crippen molar-refractivity contribution in [1.82, 2.24) is 4.90 Å². The Kier molecular flexibility index (Phi) is 5.76. The number of hydrogen-bond acceptors (Lipinski definition) is 2. The second-order valence-electron chi connectivity index (χ2n) is 4.93. The van der Waals surface area contributed by atoms with Crippen LogP contribution in [0.4, 0.5) is 0 Å². The lowest BCUT2D eigenvalue weighted by Crippen LogP contribution is -2.35. The summed E-state index contributed by atoms with van der Waals surface area (Å²) in [7, 11) is 1.93. The SMILES string of the molecule is CN(CCCCCBr)C(=O)C1Cc2ccccc2S1. The Morgan fingerprint density at radius 2 is 2.16 bits per heavy atom. The average molecular weight is 342 g/mol. The summed E-state index contributed by atoms with van der Waals surface area (Å²) in [5.74, 6) is 0.278. The number of amides is 1. The third kappa shape index (κ3) is 3.99. The highest BCUT2D eigenvalue weighted by Gasteiger charge is 2.29. The van der Waals surface area contributed by atoms with E-state index in [0.29, 0.717) is 0 Å². The van der Waals surface area contributed by atoms with Crippen LogP contribution in [0, 0.1) is 0 Å². The first-order valence-corrected chi connectivity index (χ1v) is 8.78. The summed E-state index contributed by atoms with van der Waals surface area (Å²) >= 11 is 5.15. The molecule has 1 aromatic rings. The zero-order valence-electron chi connectivity index (χ0n) is 11.3. The molecule has 4 heteroatoms. The number of unbranched alkanes of at least 4 members (excludes halogenated alkanes) is 2. The minimum Gasteiger partial charge on any atom is -0.345 e. The summed E-state index contributed by atoms with van der Waals surface area (Å²) in [6.07, 6.45) is 4.34. The fourth-order valence-corrected chi connectivity index (χ4v) is 4.00. The molecule has 0 spiro atoms. The predicted octanol–water partition coefficient (Wildman–Crippen LogP) is 3.73. The number of carbonyl (C=O) groups excluding carboxylic acids is 1. The van der Waals surface area contributed by atoms with Crippen LogP contribution in [-0.2, 0) is 11.2 Å². The Labute approximate surface area is 128 Å². The molecule has 0 radical (unpaired) electrons. The summed E-state index contributed by atoms with van der Waals surface area (Å²) < 4.78 is 0. The van der Waals surface area contributed by atoms with Gasteiger partial charge in [0, 0.05) is 23.8 Å². The molecule has 1 heterocycles. The molecule has 2 rings (SSSR count). The number of fused-ring (bicyclic) bond motifs is 1. The number of hydrogen-bond donors (Lipinski definition) is 0. The maximum absolute atomic E-state index is 12.4. The molecular weight excluding hydrogens is 322 g/mol. The number of alkyl halides is 1. The van der Waals surface area contributed by atoms with Gasteiger partial charge in [-0.1, -0.05) is 40.5 Å². The van der Waals surface area contributed by atoms with Crippen LogP contribution in [0.5, 0.6) is 0 Å². The van der Waals surface area contributed by atoms with Crippen molar-refractivity contribution in [3.63, 3.8) is 0 Å². The first kappa shape index (κ1) is 14.9. The Hall–Kier alpha value is -0.480. The molecule has 1 aromatic carbocycles. The van der Waals surface area contributed by atoms with Crippen molar-refractivity contribution < 1.29 is 4.79 Å². The normalized spacial score (nSPS) is 17.3. The van der Waals surface area contributed by atoms with E-state index >= 15 is 0 Å². The van der Waals surface area contributed by atoms with Gasteiger partial charge in [-0.3, -0.25) is 4.79 Å². The third-order valence-corrected chi connectivity index (χ3v) is 5.29. The predicted molar refractivity (Wildman–Crippen MR) is 85.1 cm³/mol. The van der Waals surface area contributed by atoms with Crippen LogP contribution in [0.25, 0.3) is 0 Å².